The zero-order valence-corrected chi connectivity index (χ0v) is 11.1. The van der Waals surface area contributed by atoms with Crippen LogP contribution in [0.15, 0.2) is 18.2 Å². The highest BCUT2D eigenvalue weighted by molar-refractivity contribution is 7.99. The van der Waals surface area contributed by atoms with Crippen LogP contribution < -0.4 is 5.32 Å². The van der Waals surface area contributed by atoms with Crippen molar-refractivity contribution < 1.29 is 4.39 Å². The second-order valence-corrected chi connectivity index (χ2v) is 5.82. The van der Waals surface area contributed by atoms with Crippen molar-refractivity contribution in [1.82, 2.24) is 5.32 Å². The van der Waals surface area contributed by atoms with E-state index in [9.17, 15) is 4.39 Å². The van der Waals surface area contributed by atoms with Crippen molar-refractivity contribution in [3.63, 3.8) is 0 Å². The van der Waals surface area contributed by atoms with Gasteiger partial charge >= 0.3 is 0 Å². The molecule has 1 fully saturated rings. The first-order chi connectivity index (χ1) is 8.79. The average Bonchev–Trinajstić information content (AvgIpc) is 2.40. The van der Waals surface area contributed by atoms with Gasteiger partial charge in [-0.3, -0.25) is 0 Å². The van der Waals surface area contributed by atoms with Gasteiger partial charge in [0.15, 0.2) is 0 Å². The smallest absolute Gasteiger partial charge is 0.123 e. The van der Waals surface area contributed by atoms with E-state index in [2.05, 4.69) is 11.4 Å². The fourth-order valence-electron chi connectivity index (χ4n) is 2.18. The van der Waals surface area contributed by atoms with Crippen LogP contribution in [0, 0.1) is 23.1 Å². The van der Waals surface area contributed by atoms with Gasteiger partial charge in [-0.05, 0) is 60.6 Å². The van der Waals surface area contributed by atoms with Gasteiger partial charge in [0.1, 0.15) is 5.82 Å². The maximum Gasteiger partial charge on any atom is 0.123 e. The zero-order chi connectivity index (χ0) is 12.8. The number of hydrogen-bond acceptors (Lipinski definition) is 3. The third kappa shape index (κ3) is 3.72. The summed E-state index contributed by atoms with van der Waals surface area (Å²) in [5, 5.41) is 12.3. The van der Waals surface area contributed by atoms with Crippen LogP contribution in [0.2, 0.25) is 0 Å². The molecule has 0 atom stereocenters. The number of nitrogens with one attached hydrogen (secondary N) is 1. The maximum atomic E-state index is 13.1. The van der Waals surface area contributed by atoms with Crippen molar-refractivity contribution in [2.24, 2.45) is 5.92 Å². The Bertz CT molecular complexity index is 436. The van der Waals surface area contributed by atoms with E-state index in [1.807, 2.05) is 11.8 Å². The highest BCUT2D eigenvalue weighted by atomic mass is 32.2. The Kier molecular flexibility index (Phi) is 5.03. The van der Waals surface area contributed by atoms with E-state index in [1.54, 1.807) is 6.07 Å². The standard InChI is InChI=1S/C14H17FN2S/c15-14-2-1-12(8-16)13(7-14)10-17-9-11-3-5-18-6-4-11/h1-2,7,11,17H,3-6,9-10H2. The predicted molar refractivity (Wildman–Crippen MR) is 72.9 cm³/mol. The molecule has 0 unspecified atom stereocenters. The molecule has 18 heavy (non-hydrogen) atoms. The van der Waals surface area contributed by atoms with E-state index in [1.165, 1.54) is 36.5 Å². The molecule has 1 aromatic carbocycles. The number of halogens is 1. The largest absolute Gasteiger partial charge is 0.312 e. The van der Waals surface area contributed by atoms with Gasteiger partial charge in [-0.15, -0.1) is 0 Å². The number of thioether (sulfide) groups is 1. The first kappa shape index (κ1) is 13.4. The lowest BCUT2D eigenvalue weighted by atomic mass is 10.0. The molecule has 2 nitrogen and oxygen atoms in total. The van der Waals surface area contributed by atoms with Gasteiger partial charge in [0, 0.05) is 6.54 Å². The Labute approximate surface area is 112 Å². The molecule has 0 radical (unpaired) electrons. The van der Waals surface area contributed by atoms with Crippen LogP contribution in [0.1, 0.15) is 24.0 Å². The summed E-state index contributed by atoms with van der Waals surface area (Å²) in [7, 11) is 0. The molecular weight excluding hydrogens is 247 g/mol. The topological polar surface area (TPSA) is 35.8 Å². The normalized spacial score (nSPS) is 16.4. The monoisotopic (exact) mass is 264 g/mol. The minimum absolute atomic E-state index is 0.278. The maximum absolute atomic E-state index is 13.1. The molecule has 1 aliphatic rings. The summed E-state index contributed by atoms with van der Waals surface area (Å²) in [6.07, 6.45) is 2.51. The van der Waals surface area contributed by atoms with Gasteiger partial charge in [0.05, 0.1) is 11.6 Å². The summed E-state index contributed by atoms with van der Waals surface area (Å²) >= 11 is 2.02. The number of benzene rings is 1. The Balaban J connectivity index is 1.86. The summed E-state index contributed by atoms with van der Waals surface area (Å²) in [6.45, 7) is 1.53. The first-order valence-corrected chi connectivity index (χ1v) is 7.42. The second kappa shape index (κ2) is 6.77. The Morgan fingerprint density at radius 2 is 2.17 bits per heavy atom. The Morgan fingerprint density at radius 3 is 2.89 bits per heavy atom. The lowest BCUT2D eigenvalue weighted by molar-refractivity contribution is 0.447. The highest BCUT2D eigenvalue weighted by Crippen LogP contribution is 2.22. The molecule has 96 valence electrons. The van der Waals surface area contributed by atoms with Crippen LogP contribution >= 0.6 is 11.8 Å². The van der Waals surface area contributed by atoms with Crippen molar-refractivity contribution in [3.8, 4) is 6.07 Å². The van der Waals surface area contributed by atoms with Crippen molar-refractivity contribution in [1.29, 1.82) is 5.26 Å². The molecule has 0 aliphatic carbocycles. The third-order valence-electron chi connectivity index (χ3n) is 3.28. The van der Waals surface area contributed by atoms with Gasteiger partial charge in [0.2, 0.25) is 0 Å². The molecule has 1 N–H and O–H groups in total. The molecular formula is C14H17FN2S. The SMILES string of the molecule is N#Cc1ccc(F)cc1CNCC1CCSCC1. The fraction of sp³-hybridized carbons (Fsp3) is 0.500. The molecule has 1 heterocycles. The van der Waals surface area contributed by atoms with E-state index in [4.69, 9.17) is 5.26 Å². The third-order valence-corrected chi connectivity index (χ3v) is 4.33. The zero-order valence-electron chi connectivity index (χ0n) is 10.3. The molecule has 1 aromatic rings. The van der Waals surface area contributed by atoms with E-state index < -0.39 is 0 Å². The number of nitrogens with zero attached hydrogens (tertiary/aromatic N) is 1. The van der Waals surface area contributed by atoms with Crippen LogP contribution in [0.3, 0.4) is 0 Å². The molecule has 0 amide bonds. The van der Waals surface area contributed by atoms with Gasteiger partial charge < -0.3 is 5.32 Å². The van der Waals surface area contributed by atoms with Crippen LogP contribution in [-0.4, -0.2) is 18.1 Å². The second-order valence-electron chi connectivity index (χ2n) is 4.60. The summed E-state index contributed by atoms with van der Waals surface area (Å²) < 4.78 is 13.1. The summed E-state index contributed by atoms with van der Waals surface area (Å²) in [5.41, 5.74) is 1.31. The van der Waals surface area contributed by atoms with Crippen molar-refractivity contribution in [2.45, 2.75) is 19.4 Å². The summed E-state index contributed by atoms with van der Waals surface area (Å²) in [6, 6.07) is 6.43. The molecule has 4 heteroatoms. The molecule has 2 rings (SSSR count). The van der Waals surface area contributed by atoms with Crippen molar-refractivity contribution >= 4 is 11.8 Å². The van der Waals surface area contributed by atoms with Gasteiger partial charge in [-0.2, -0.15) is 17.0 Å². The van der Waals surface area contributed by atoms with Crippen molar-refractivity contribution in [3.05, 3.63) is 35.1 Å². The van der Waals surface area contributed by atoms with Gasteiger partial charge in [-0.25, -0.2) is 4.39 Å². The van der Waals surface area contributed by atoms with Crippen LogP contribution in [0.5, 0.6) is 0 Å². The molecule has 0 saturated carbocycles. The van der Waals surface area contributed by atoms with E-state index >= 15 is 0 Å². The van der Waals surface area contributed by atoms with Crippen LogP contribution in [-0.2, 0) is 6.54 Å². The minimum Gasteiger partial charge on any atom is -0.312 e. The lowest BCUT2D eigenvalue weighted by Crippen LogP contribution is -2.25. The Morgan fingerprint density at radius 1 is 1.39 bits per heavy atom. The molecule has 1 aliphatic heterocycles. The van der Waals surface area contributed by atoms with E-state index in [0.717, 1.165) is 18.0 Å². The summed E-state index contributed by atoms with van der Waals surface area (Å²) in [4.78, 5) is 0. The quantitative estimate of drug-likeness (QED) is 0.908. The van der Waals surface area contributed by atoms with Crippen molar-refractivity contribution in [2.75, 3.05) is 18.1 Å². The molecule has 1 saturated heterocycles. The Hall–Kier alpha value is -1.05. The summed E-state index contributed by atoms with van der Waals surface area (Å²) in [5.74, 6) is 2.94. The van der Waals surface area contributed by atoms with Gasteiger partial charge in [0.25, 0.3) is 0 Å². The average molecular weight is 264 g/mol. The molecule has 0 aromatic heterocycles. The van der Waals surface area contributed by atoms with Crippen LogP contribution in [0.25, 0.3) is 0 Å². The number of nitriles is 1. The molecule has 0 bridgehead atoms. The van der Waals surface area contributed by atoms with Gasteiger partial charge in [-0.1, -0.05) is 0 Å². The minimum atomic E-state index is -0.278. The number of rotatable bonds is 4. The fourth-order valence-corrected chi connectivity index (χ4v) is 3.38. The number of hydrogen-bond donors (Lipinski definition) is 1. The van der Waals surface area contributed by atoms with Crippen LogP contribution in [0.4, 0.5) is 4.39 Å². The lowest BCUT2D eigenvalue weighted by Gasteiger charge is -2.21. The molecule has 0 spiro atoms. The highest BCUT2D eigenvalue weighted by Gasteiger charge is 2.13. The first-order valence-electron chi connectivity index (χ1n) is 6.26. The van der Waals surface area contributed by atoms with E-state index in [-0.39, 0.29) is 5.82 Å². The predicted octanol–water partition coefficient (Wildman–Crippen LogP) is 2.93. The van der Waals surface area contributed by atoms with E-state index in [0.29, 0.717) is 12.1 Å².